The van der Waals surface area contributed by atoms with E-state index in [9.17, 15) is 14.4 Å². The first-order chi connectivity index (χ1) is 9.58. The molecule has 0 aliphatic heterocycles. The van der Waals surface area contributed by atoms with Crippen molar-refractivity contribution in [2.75, 3.05) is 6.61 Å². The summed E-state index contributed by atoms with van der Waals surface area (Å²) < 4.78 is 6.33. The molecular formula is C13H13N3O4. The van der Waals surface area contributed by atoms with E-state index in [2.05, 4.69) is 10.3 Å². The van der Waals surface area contributed by atoms with E-state index in [1.807, 2.05) is 0 Å². The Bertz CT molecular complexity index is 628. The highest BCUT2D eigenvalue weighted by Gasteiger charge is 2.15. The third kappa shape index (κ3) is 3.14. The lowest BCUT2D eigenvalue weighted by atomic mass is 10.4. The summed E-state index contributed by atoms with van der Waals surface area (Å²) in [6.45, 7) is -0.520. The van der Waals surface area contributed by atoms with Crippen LogP contribution in [0.2, 0.25) is 0 Å². The van der Waals surface area contributed by atoms with Gasteiger partial charge in [0, 0.05) is 19.4 Å². The number of aryl methyl sites for hydroxylation is 1. The summed E-state index contributed by atoms with van der Waals surface area (Å²) in [4.78, 5) is 37.3. The van der Waals surface area contributed by atoms with Gasteiger partial charge in [0.05, 0.1) is 0 Å². The number of ether oxygens (including phenoxy) is 1. The maximum Gasteiger partial charge on any atom is 0.355 e. The molecule has 0 saturated heterocycles. The minimum Gasteiger partial charge on any atom is -0.451 e. The lowest BCUT2D eigenvalue weighted by Gasteiger charge is -2.05. The smallest absolute Gasteiger partial charge is 0.355 e. The largest absolute Gasteiger partial charge is 0.451 e. The maximum atomic E-state index is 11.7. The first-order valence-electron chi connectivity index (χ1n) is 5.84. The third-order valence-electron chi connectivity index (χ3n) is 2.58. The van der Waals surface area contributed by atoms with Gasteiger partial charge in [0.2, 0.25) is 0 Å². The summed E-state index contributed by atoms with van der Waals surface area (Å²) in [6, 6.07) is 6.42. The molecule has 0 bridgehead atoms. The monoisotopic (exact) mass is 275 g/mol. The van der Waals surface area contributed by atoms with Gasteiger partial charge < -0.3 is 14.3 Å². The number of rotatable bonds is 4. The van der Waals surface area contributed by atoms with Crippen molar-refractivity contribution in [3.05, 3.63) is 48.0 Å². The van der Waals surface area contributed by atoms with Gasteiger partial charge in [-0.25, -0.2) is 4.79 Å². The average Bonchev–Trinajstić information content (AvgIpc) is 3.06. The molecule has 7 heteroatoms. The highest BCUT2D eigenvalue weighted by Crippen LogP contribution is 2.00. The molecule has 2 aromatic heterocycles. The molecule has 104 valence electrons. The molecule has 0 radical (unpaired) electrons. The molecule has 0 saturated carbocycles. The number of amides is 2. The molecule has 2 heterocycles. The molecule has 7 nitrogen and oxygen atoms in total. The molecule has 2 N–H and O–H groups in total. The summed E-state index contributed by atoms with van der Waals surface area (Å²) in [5, 5.41) is 2.14. The van der Waals surface area contributed by atoms with Crippen molar-refractivity contribution in [2.45, 2.75) is 0 Å². The molecule has 0 fully saturated rings. The SMILES string of the molecule is Cn1cccc1C(=O)NC(=O)COC(=O)c1ccc[nH]1. The number of aromatic nitrogens is 2. The normalized spacial score (nSPS) is 10.1. The van der Waals surface area contributed by atoms with Crippen LogP contribution in [-0.4, -0.2) is 33.9 Å². The highest BCUT2D eigenvalue weighted by molar-refractivity contribution is 6.04. The summed E-state index contributed by atoms with van der Waals surface area (Å²) in [6.07, 6.45) is 3.25. The number of imide groups is 1. The van der Waals surface area contributed by atoms with Gasteiger partial charge in [0.25, 0.3) is 11.8 Å². The number of nitrogens with one attached hydrogen (secondary N) is 2. The molecule has 2 aromatic rings. The van der Waals surface area contributed by atoms with E-state index in [4.69, 9.17) is 4.74 Å². The average molecular weight is 275 g/mol. The quantitative estimate of drug-likeness (QED) is 0.793. The van der Waals surface area contributed by atoms with Crippen molar-refractivity contribution < 1.29 is 19.1 Å². The zero-order valence-electron chi connectivity index (χ0n) is 10.8. The van der Waals surface area contributed by atoms with E-state index in [-0.39, 0.29) is 5.69 Å². The number of carbonyl (C=O) groups is 3. The van der Waals surface area contributed by atoms with Crippen LogP contribution in [0.1, 0.15) is 21.0 Å². The fourth-order valence-corrected chi connectivity index (χ4v) is 1.59. The second-order valence-electron chi connectivity index (χ2n) is 4.04. The number of nitrogens with zero attached hydrogens (tertiary/aromatic N) is 1. The van der Waals surface area contributed by atoms with Crippen molar-refractivity contribution in [3.8, 4) is 0 Å². The fourth-order valence-electron chi connectivity index (χ4n) is 1.59. The molecule has 2 rings (SSSR count). The molecule has 20 heavy (non-hydrogen) atoms. The molecule has 0 atom stereocenters. The van der Waals surface area contributed by atoms with Crippen molar-refractivity contribution in [1.82, 2.24) is 14.9 Å². The van der Waals surface area contributed by atoms with E-state index < -0.39 is 24.4 Å². The van der Waals surface area contributed by atoms with Crippen LogP contribution in [-0.2, 0) is 16.6 Å². The van der Waals surface area contributed by atoms with Crippen LogP contribution in [0.15, 0.2) is 36.7 Å². The van der Waals surface area contributed by atoms with Crippen molar-refractivity contribution in [1.29, 1.82) is 0 Å². The lowest BCUT2D eigenvalue weighted by Crippen LogP contribution is -2.35. The number of esters is 1. The number of hydrogen-bond donors (Lipinski definition) is 2. The zero-order valence-corrected chi connectivity index (χ0v) is 10.8. The summed E-state index contributed by atoms with van der Waals surface area (Å²) in [7, 11) is 1.69. The van der Waals surface area contributed by atoms with Crippen LogP contribution >= 0.6 is 0 Å². The molecule has 0 aliphatic carbocycles. The Balaban J connectivity index is 1.83. The topological polar surface area (TPSA) is 93.2 Å². The highest BCUT2D eigenvalue weighted by atomic mass is 16.5. The summed E-state index contributed by atoms with van der Waals surface area (Å²) in [5.74, 6) is -1.88. The fraction of sp³-hybridized carbons (Fsp3) is 0.154. The first-order valence-corrected chi connectivity index (χ1v) is 5.84. The zero-order chi connectivity index (χ0) is 14.5. The summed E-state index contributed by atoms with van der Waals surface area (Å²) in [5.41, 5.74) is 0.584. The Morgan fingerprint density at radius 1 is 1.30 bits per heavy atom. The van der Waals surface area contributed by atoms with Gasteiger partial charge in [-0.3, -0.25) is 14.9 Å². The van der Waals surface area contributed by atoms with Gasteiger partial charge in [-0.15, -0.1) is 0 Å². The Morgan fingerprint density at radius 3 is 2.70 bits per heavy atom. The van der Waals surface area contributed by atoms with E-state index in [0.29, 0.717) is 5.69 Å². The Morgan fingerprint density at radius 2 is 2.10 bits per heavy atom. The molecule has 0 spiro atoms. The molecular weight excluding hydrogens is 262 g/mol. The second kappa shape index (κ2) is 5.87. The number of H-pyrrole nitrogens is 1. The number of hydrogen-bond acceptors (Lipinski definition) is 4. The molecule has 0 aromatic carbocycles. The van der Waals surface area contributed by atoms with E-state index in [1.165, 1.54) is 6.07 Å². The minimum absolute atomic E-state index is 0.242. The van der Waals surface area contributed by atoms with E-state index in [0.717, 1.165) is 0 Å². The van der Waals surface area contributed by atoms with Crippen molar-refractivity contribution >= 4 is 17.8 Å². The van der Waals surface area contributed by atoms with E-state index >= 15 is 0 Å². The standard InChI is InChI=1S/C13H13N3O4/c1-16-7-3-5-10(16)12(18)15-11(17)8-20-13(19)9-4-2-6-14-9/h2-7,14H,8H2,1H3,(H,15,17,18). The van der Waals surface area contributed by atoms with Crippen LogP contribution in [0.3, 0.4) is 0 Å². The molecule has 0 unspecified atom stereocenters. The van der Waals surface area contributed by atoms with Gasteiger partial charge >= 0.3 is 5.97 Å². The van der Waals surface area contributed by atoms with Gasteiger partial charge in [0.15, 0.2) is 6.61 Å². The lowest BCUT2D eigenvalue weighted by molar-refractivity contribution is -0.123. The Kier molecular flexibility index (Phi) is 3.99. The van der Waals surface area contributed by atoms with Gasteiger partial charge in [-0.1, -0.05) is 0 Å². The number of aromatic amines is 1. The van der Waals surface area contributed by atoms with Crippen LogP contribution in [0.5, 0.6) is 0 Å². The van der Waals surface area contributed by atoms with Crippen LogP contribution < -0.4 is 5.32 Å². The van der Waals surface area contributed by atoms with Crippen molar-refractivity contribution in [2.24, 2.45) is 7.05 Å². The van der Waals surface area contributed by atoms with Crippen LogP contribution in [0.25, 0.3) is 0 Å². The predicted molar refractivity (Wildman–Crippen MR) is 69.0 cm³/mol. The Labute approximate surface area is 114 Å². The van der Waals surface area contributed by atoms with Gasteiger partial charge in [0.1, 0.15) is 11.4 Å². The van der Waals surface area contributed by atoms with Crippen LogP contribution in [0, 0.1) is 0 Å². The van der Waals surface area contributed by atoms with Gasteiger partial charge in [-0.2, -0.15) is 0 Å². The Hall–Kier alpha value is -2.83. The van der Waals surface area contributed by atoms with Gasteiger partial charge in [-0.05, 0) is 24.3 Å². The predicted octanol–water partition coefficient (Wildman–Crippen LogP) is 0.467. The summed E-state index contributed by atoms with van der Waals surface area (Å²) >= 11 is 0. The third-order valence-corrected chi connectivity index (χ3v) is 2.58. The van der Waals surface area contributed by atoms with E-state index in [1.54, 1.807) is 42.2 Å². The number of carbonyl (C=O) groups excluding carboxylic acids is 3. The minimum atomic E-state index is -0.684. The maximum absolute atomic E-state index is 11.7. The second-order valence-corrected chi connectivity index (χ2v) is 4.04. The van der Waals surface area contributed by atoms with Crippen LogP contribution in [0.4, 0.5) is 0 Å². The first kappa shape index (κ1) is 13.6. The molecule has 2 amide bonds. The molecule has 0 aliphatic rings. The van der Waals surface area contributed by atoms with Crippen molar-refractivity contribution in [3.63, 3.8) is 0 Å².